The van der Waals surface area contributed by atoms with E-state index in [1.54, 1.807) is 12.5 Å². The van der Waals surface area contributed by atoms with Gasteiger partial charge in [-0.25, -0.2) is 4.98 Å². The van der Waals surface area contributed by atoms with Gasteiger partial charge in [-0.05, 0) is 31.2 Å². The Kier molecular flexibility index (Phi) is 4.60. The van der Waals surface area contributed by atoms with Crippen molar-refractivity contribution in [2.24, 2.45) is 0 Å². The summed E-state index contributed by atoms with van der Waals surface area (Å²) in [6.07, 6.45) is 3.35. The molecule has 1 atom stereocenters. The number of aromatic nitrogens is 4. The molecule has 0 fully saturated rings. The van der Waals surface area contributed by atoms with E-state index in [0.29, 0.717) is 28.9 Å². The van der Waals surface area contributed by atoms with Crippen molar-refractivity contribution in [3.8, 4) is 34.3 Å². The molecule has 0 aliphatic carbocycles. The van der Waals surface area contributed by atoms with Crippen molar-refractivity contribution in [3.05, 3.63) is 66.5 Å². The highest BCUT2D eigenvalue weighted by Gasteiger charge is 2.16. The zero-order chi connectivity index (χ0) is 18.8. The summed E-state index contributed by atoms with van der Waals surface area (Å²) in [7, 11) is -1.02. The van der Waals surface area contributed by atoms with Crippen molar-refractivity contribution in [1.82, 2.24) is 20.2 Å². The Labute approximate surface area is 160 Å². The lowest BCUT2D eigenvalue weighted by molar-refractivity contribution is 0.581. The average molecular weight is 378 g/mol. The Morgan fingerprint density at radius 1 is 0.926 bits per heavy atom. The van der Waals surface area contributed by atoms with Crippen LogP contribution >= 0.6 is 0 Å². The standard InChI is InChI=1S/C20H16N4O2S.H2/c1-13-18(20-24-23-19(26-20)15-6-4-3-5-7-15)22-17(12-21-13)14-8-10-16(11-9-14)27(2)25;/h3-12H,1-2H3;1H. The molecule has 0 amide bonds. The summed E-state index contributed by atoms with van der Waals surface area (Å²) in [5.74, 6) is 0.763. The van der Waals surface area contributed by atoms with Gasteiger partial charge in [0.2, 0.25) is 5.89 Å². The summed E-state index contributed by atoms with van der Waals surface area (Å²) in [6, 6.07) is 17.0. The van der Waals surface area contributed by atoms with Crippen molar-refractivity contribution in [1.29, 1.82) is 0 Å². The van der Waals surface area contributed by atoms with Crippen LogP contribution in [0.3, 0.4) is 0 Å². The number of aryl methyl sites for hydroxylation is 1. The first-order valence-corrected chi connectivity index (χ1v) is 9.84. The Morgan fingerprint density at radius 3 is 2.33 bits per heavy atom. The third-order valence-corrected chi connectivity index (χ3v) is 5.02. The fourth-order valence-electron chi connectivity index (χ4n) is 2.62. The first-order valence-electron chi connectivity index (χ1n) is 8.28. The molecule has 6 nitrogen and oxygen atoms in total. The van der Waals surface area contributed by atoms with Gasteiger partial charge in [-0.15, -0.1) is 10.2 Å². The van der Waals surface area contributed by atoms with Crippen molar-refractivity contribution < 1.29 is 10.1 Å². The minimum absolute atomic E-state index is 0. The zero-order valence-corrected chi connectivity index (χ0v) is 15.6. The van der Waals surface area contributed by atoms with E-state index in [1.807, 2.05) is 61.5 Å². The molecule has 0 radical (unpaired) electrons. The van der Waals surface area contributed by atoms with Gasteiger partial charge in [0.15, 0.2) is 0 Å². The summed E-state index contributed by atoms with van der Waals surface area (Å²) in [5.41, 5.74) is 3.66. The molecule has 1 unspecified atom stereocenters. The number of benzene rings is 2. The van der Waals surface area contributed by atoms with Gasteiger partial charge in [0, 0.05) is 34.5 Å². The van der Waals surface area contributed by atoms with Gasteiger partial charge in [-0.2, -0.15) is 0 Å². The van der Waals surface area contributed by atoms with Crippen LogP contribution in [0.25, 0.3) is 34.3 Å². The molecule has 0 aliphatic rings. The maximum atomic E-state index is 11.6. The Balaban J connectivity index is 0.00000225. The van der Waals surface area contributed by atoms with Gasteiger partial charge in [-0.3, -0.25) is 9.19 Å². The van der Waals surface area contributed by atoms with E-state index in [1.165, 1.54) is 0 Å². The van der Waals surface area contributed by atoms with Crippen LogP contribution in [0.2, 0.25) is 0 Å². The minimum Gasteiger partial charge on any atom is -0.415 e. The largest absolute Gasteiger partial charge is 0.415 e. The molecule has 0 bridgehead atoms. The van der Waals surface area contributed by atoms with Crippen LogP contribution in [0, 0.1) is 6.92 Å². The number of hydrogen-bond donors (Lipinski definition) is 0. The van der Waals surface area contributed by atoms with Gasteiger partial charge >= 0.3 is 0 Å². The van der Waals surface area contributed by atoms with E-state index >= 15 is 0 Å². The maximum absolute atomic E-state index is 11.6. The van der Waals surface area contributed by atoms with E-state index in [4.69, 9.17) is 4.42 Å². The molecule has 2 aromatic carbocycles. The van der Waals surface area contributed by atoms with Gasteiger partial charge in [0.25, 0.3) is 5.89 Å². The molecule has 27 heavy (non-hydrogen) atoms. The molecule has 7 heteroatoms. The van der Waals surface area contributed by atoms with Crippen molar-refractivity contribution in [3.63, 3.8) is 0 Å². The van der Waals surface area contributed by atoms with E-state index < -0.39 is 10.8 Å². The summed E-state index contributed by atoms with van der Waals surface area (Å²) in [6.45, 7) is 1.85. The van der Waals surface area contributed by atoms with Crippen LogP contribution in [-0.4, -0.2) is 30.6 Å². The Morgan fingerprint density at radius 2 is 1.63 bits per heavy atom. The van der Waals surface area contributed by atoms with Crippen molar-refractivity contribution in [2.45, 2.75) is 11.8 Å². The molecule has 4 rings (SSSR count). The molecule has 2 aromatic heterocycles. The summed E-state index contributed by atoms with van der Waals surface area (Å²) >= 11 is 0. The van der Waals surface area contributed by atoms with Gasteiger partial charge in [-0.1, -0.05) is 30.3 Å². The molecule has 0 saturated carbocycles. The van der Waals surface area contributed by atoms with E-state index in [0.717, 1.165) is 16.0 Å². The van der Waals surface area contributed by atoms with Crippen molar-refractivity contribution >= 4 is 10.8 Å². The molecule has 0 saturated heterocycles. The van der Waals surface area contributed by atoms with Gasteiger partial charge in [0.1, 0.15) is 5.69 Å². The predicted octanol–water partition coefficient (Wildman–Crippen LogP) is 4.15. The van der Waals surface area contributed by atoms with E-state index in [-0.39, 0.29) is 1.43 Å². The first-order chi connectivity index (χ1) is 13.1. The SMILES string of the molecule is Cc1ncc(-c2ccc(S(C)=O)cc2)nc1-c1nnc(-c2ccccc2)o1.[HH]. The summed E-state index contributed by atoms with van der Waals surface area (Å²) < 4.78 is 17.4. The number of nitrogens with zero attached hydrogens (tertiary/aromatic N) is 4. The highest BCUT2D eigenvalue weighted by atomic mass is 32.2. The van der Waals surface area contributed by atoms with Crippen LogP contribution < -0.4 is 0 Å². The predicted molar refractivity (Wildman–Crippen MR) is 105 cm³/mol. The second-order valence-corrected chi connectivity index (χ2v) is 7.33. The maximum Gasteiger partial charge on any atom is 0.268 e. The van der Waals surface area contributed by atoms with Crippen molar-refractivity contribution in [2.75, 3.05) is 6.26 Å². The third-order valence-electron chi connectivity index (χ3n) is 4.09. The minimum atomic E-state index is -1.02. The molecule has 0 N–H and O–H groups in total. The lowest BCUT2D eigenvalue weighted by atomic mass is 10.1. The molecule has 4 aromatic rings. The van der Waals surface area contributed by atoms with Crippen LogP contribution in [0.1, 0.15) is 7.12 Å². The third kappa shape index (κ3) is 3.54. The van der Waals surface area contributed by atoms with Crippen LogP contribution in [0.15, 0.2) is 70.1 Å². The molecule has 0 spiro atoms. The number of rotatable bonds is 4. The molecule has 2 heterocycles. The van der Waals surface area contributed by atoms with Gasteiger partial charge < -0.3 is 4.42 Å². The second kappa shape index (κ2) is 7.20. The second-order valence-electron chi connectivity index (χ2n) is 5.95. The molecular formula is C20H18N4O2S. The normalized spacial score (nSPS) is 12.1. The zero-order valence-electron chi connectivity index (χ0n) is 14.8. The highest BCUT2D eigenvalue weighted by Crippen LogP contribution is 2.26. The topological polar surface area (TPSA) is 81.8 Å². The first kappa shape index (κ1) is 17.2. The highest BCUT2D eigenvalue weighted by molar-refractivity contribution is 7.84. The van der Waals surface area contributed by atoms with E-state index in [9.17, 15) is 4.21 Å². The Hall–Kier alpha value is -3.19. The van der Waals surface area contributed by atoms with Gasteiger partial charge in [0.05, 0.1) is 17.6 Å². The lowest BCUT2D eigenvalue weighted by Gasteiger charge is -2.05. The van der Waals surface area contributed by atoms with Crippen LogP contribution in [0.5, 0.6) is 0 Å². The average Bonchev–Trinajstić information content (AvgIpc) is 3.19. The fraction of sp³-hybridized carbons (Fsp3) is 0.100. The number of hydrogen-bond acceptors (Lipinski definition) is 6. The summed E-state index contributed by atoms with van der Waals surface area (Å²) in [4.78, 5) is 9.85. The molecular weight excluding hydrogens is 360 g/mol. The lowest BCUT2D eigenvalue weighted by Crippen LogP contribution is -1.96. The Bertz CT molecular complexity index is 1110. The summed E-state index contributed by atoms with van der Waals surface area (Å²) in [5, 5.41) is 8.26. The molecule has 0 aliphatic heterocycles. The molecule has 136 valence electrons. The van der Waals surface area contributed by atoms with Crippen LogP contribution in [-0.2, 0) is 10.8 Å². The quantitative estimate of drug-likeness (QED) is 0.530. The smallest absolute Gasteiger partial charge is 0.268 e. The van der Waals surface area contributed by atoms with E-state index in [2.05, 4.69) is 20.2 Å². The fourth-order valence-corrected chi connectivity index (χ4v) is 3.14. The van der Waals surface area contributed by atoms with Crippen LogP contribution in [0.4, 0.5) is 0 Å². The monoisotopic (exact) mass is 378 g/mol.